The van der Waals surface area contributed by atoms with Crippen molar-refractivity contribution in [2.24, 2.45) is 0 Å². The summed E-state index contributed by atoms with van der Waals surface area (Å²) >= 11 is 3.10. The van der Waals surface area contributed by atoms with E-state index in [4.69, 9.17) is 14.2 Å². The number of hydrogen-bond donors (Lipinski definition) is 1. The molecule has 3 heterocycles. The smallest absolute Gasteiger partial charge is 0.344 e. The van der Waals surface area contributed by atoms with Gasteiger partial charge in [-0.2, -0.15) is 0 Å². The van der Waals surface area contributed by atoms with E-state index in [2.05, 4.69) is 10.3 Å². The van der Waals surface area contributed by atoms with E-state index in [0.717, 1.165) is 10.6 Å². The van der Waals surface area contributed by atoms with Crippen LogP contribution in [0, 0.1) is 0 Å². The lowest BCUT2D eigenvalue weighted by atomic mass is 10.1. The third kappa shape index (κ3) is 2.73. The van der Waals surface area contributed by atoms with Gasteiger partial charge in [0, 0.05) is 10.9 Å². The van der Waals surface area contributed by atoms with E-state index < -0.39 is 12.2 Å². The van der Waals surface area contributed by atoms with Gasteiger partial charge < -0.3 is 19.5 Å². The maximum Gasteiger partial charge on any atom is 0.344 e. The molecule has 1 aromatic carbocycles. The predicted octanol–water partition coefficient (Wildman–Crippen LogP) is 4.17. The molecule has 8 heteroatoms. The Hall–Kier alpha value is -2.58. The zero-order valence-corrected chi connectivity index (χ0v) is 15.1. The first-order valence-electron chi connectivity index (χ1n) is 7.43. The van der Waals surface area contributed by atoms with Crippen molar-refractivity contribution in [3.8, 4) is 22.1 Å². The van der Waals surface area contributed by atoms with Crippen LogP contribution in [0.4, 0.5) is 5.13 Å². The third-order valence-electron chi connectivity index (χ3n) is 3.82. The van der Waals surface area contributed by atoms with E-state index in [9.17, 15) is 4.79 Å². The van der Waals surface area contributed by atoms with Crippen LogP contribution in [0.1, 0.15) is 22.1 Å². The molecule has 0 aliphatic carbocycles. The number of hydrogen-bond acceptors (Lipinski definition) is 8. The molecule has 0 spiro atoms. The number of esters is 1. The fraction of sp³-hybridized carbons (Fsp3) is 0.176. The van der Waals surface area contributed by atoms with Crippen LogP contribution in [-0.4, -0.2) is 25.2 Å². The number of carbonyl (C=O) groups excluding carboxylic acids is 1. The molecular weight excluding hydrogens is 360 g/mol. The average molecular weight is 374 g/mol. The van der Waals surface area contributed by atoms with Crippen LogP contribution in [0.5, 0.6) is 11.5 Å². The summed E-state index contributed by atoms with van der Waals surface area (Å²) in [5, 5.41) is 7.84. The highest BCUT2D eigenvalue weighted by molar-refractivity contribution is 7.15. The molecule has 0 unspecified atom stereocenters. The molecule has 0 bridgehead atoms. The lowest BCUT2D eigenvalue weighted by Gasteiger charge is -2.13. The number of thiazole rings is 1. The summed E-state index contributed by atoms with van der Waals surface area (Å²) in [6.07, 6.45) is -0.607. The minimum Gasteiger partial charge on any atom is -0.493 e. The van der Waals surface area contributed by atoms with Gasteiger partial charge in [0.25, 0.3) is 0 Å². The standard InChI is InChI=1S/C17H14N2O4S2/c1-21-11-6-5-9-13(14(11)22-2)16(20)23-15(9)19-17-18-10(8-25-17)12-4-3-7-24-12/h3-8,15H,1-2H3,(H,18,19)/t15-/m0/s1. The molecule has 0 amide bonds. The highest BCUT2D eigenvalue weighted by atomic mass is 32.1. The molecule has 1 atom stereocenters. The van der Waals surface area contributed by atoms with Crippen LogP contribution in [0.3, 0.4) is 0 Å². The molecule has 0 radical (unpaired) electrons. The largest absolute Gasteiger partial charge is 0.493 e. The van der Waals surface area contributed by atoms with Crippen molar-refractivity contribution in [1.29, 1.82) is 0 Å². The maximum atomic E-state index is 12.3. The SMILES string of the molecule is COc1ccc2c(c1OC)C(=O)O[C@@H]2Nc1nc(-c2cccs2)cs1. The van der Waals surface area contributed by atoms with Crippen molar-refractivity contribution in [3.63, 3.8) is 0 Å². The van der Waals surface area contributed by atoms with Crippen LogP contribution < -0.4 is 14.8 Å². The number of rotatable bonds is 5. The number of anilines is 1. The molecule has 0 fully saturated rings. The third-order valence-corrected chi connectivity index (χ3v) is 5.49. The van der Waals surface area contributed by atoms with Crippen molar-refractivity contribution in [1.82, 2.24) is 4.98 Å². The van der Waals surface area contributed by atoms with E-state index >= 15 is 0 Å². The molecule has 1 aliphatic heterocycles. The van der Waals surface area contributed by atoms with E-state index in [1.54, 1.807) is 23.5 Å². The van der Waals surface area contributed by atoms with Gasteiger partial charge in [-0.1, -0.05) is 6.07 Å². The summed E-state index contributed by atoms with van der Waals surface area (Å²) in [4.78, 5) is 18.0. The first kappa shape index (κ1) is 15.9. The summed E-state index contributed by atoms with van der Waals surface area (Å²) in [5.41, 5.74) is 1.99. The van der Waals surface area contributed by atoms with Gasteiger partial charge in [-0.05, 0) is 23.6 Å². The Kier molecular flexibility index (Phi) is 4.06. The van der Waals surface area contributed by atoms with Crippen LogP contribution in [0.2, 0.25) is 0 Å². The number of methoxy groups -OCH3 is 2. The second-order valence-corrected chi connectivity index (χ2v) is 7.02. The number of aromatic nitrogens is 1. The number of fused-ring (bicyclic) bond motifs is 1. The van der Waals surface area contributed by atoms with E-state index in [1.807, 2.05) is 22.9 Å². The molecule has 0 saturated carbocycles. The quantitative estimate of drug-likeness (QED) is 0.676. The minimum atomic E-state index is -0.607. The Morgan fingerprint density at radius 3 is 2.80 bits per heavy atom. The Morgan fingerprint density at radius 2 is 2.08 bits per heavy atom. The van der Waals surface area contributed by atoms with Gasteiger partial charge in [0.1, 0.15) is 5.56 Å². The van der Waals surface area contributed by atoms with Gasteiger partial charge in [0.05, 0.1) is 24.8 Å². The summed E-state index contributed by atoms with van der Waals surface area (Å²) in [6.45, 7) is 0. The van der Waals surface area contributed by atoms with Crippen molar-refractivity contribution >= 4 is 33.8 Å². The van der Waals surface area contributed by atoms with Gasteiger partial charge in [-0.15, -0.1) is 22.7 Å². The van der Waals surface area contributed by atoms with Gasteiger partial charge in [-0.3, -0.25) is 0 Å². The second kappa shape index (κ2) is 6.38. The molecule has 2 aromatic heterocycles. The first-order valence-corrected chi connectivity index (χ1v) is 9.19. The molecule has 1 aliphatic rings. The number of cyclic esters (lactones) is 1. The van der Waals surface area contributed by atoms with E-state index in [-0.39, 0.29) is 0 Å². The number of thiophene rings is 1. The van der Waals surface area contributed by atoms with Crippen LogP contribution in [-0.2, 0) is 4.74 Å². The number of nitrogens with one attached hydrogen (secondary N) is 1. The summed E-state index contributed by atoms with van der Waals surface area (Å²) in [7, 11) is 3.03. The number of carbonyl (C=O) groups is 1. The zero-order valence-electron chi connectivity index (χ0n) is 13.4. The minimum absolute atomic E-state index is 0.382. The lowest BCUT2D eigenvalue weighted by molar-refractivity contribution is 0.0435. The molecular formula is C17H14N2O4S2. The zero-order chi connectivity index (χ0) is 17.4. The Balaban J connectivity index is 1.63. The van der Waals surface area contributed by atoms with E-state index in [1.165, 1.54) is 25.6 Å². The molecule has 4 rings (SSSR count). The fourth-order valence-corrected chi connectivity index (χ4v) is 4.19. The topological polar surface area (TPSA) is 69.7 Å². The Bertz CT molecular complexity index is 921. The second-order valence-electron chi connectivity index (χ2n) is 5.21. The highest BCUT2D eigenvalue weighted by Gasteiger charge is 2.36. The normalized spacial score (nSPS) is 15.6. The van der Waals surface area contributed by atoms with Crippen LogP contribution >= 0.6 is 22.7 Å². The first-order chi connectivity index (χ1) is 12.2. The molecule has 1 N–H and O–H groups in total. The van der Waals surface area contributed by atoms with Crippen molar-refractivity contribution < 1.29 is 19.0 Å². The molecule has 0 saturated heterocycles. The number of nitrogens with zero attached hydrogens (tertiary/aromatic N) is 1. The summed E-state index contributed by atoms with van der Waals surface area (Å²) in [5.74, 6) is 0.430. The highest BCUT2D eigenvalue weighted by Crippen LogP contribution is 2.42. The summed E-state index contributed by atoms with van der Waals surface area (Å²) in [6, 6.07) is 7.56. The Morgan fingerprint density at radius 1 is 1.20 bits per heavy atom. The van der Waals surface area contributed by atoms with Gasteiger partial charge in [-0.25, -0.2) is 9.78 Å². The summed E-state index contributed by atoms with van der Waals surface area (Å²) < 4.78 is 16.0. The number of ether oxygens (including phenoxy) is 3. The van der Waals surface area contributed by atoms with Gasteiger partial charge >= 0.3 is 5.97 Å². The molecule has 3 aromatic rings. The Labute approximate surface area is 152 Å². The van der Waals surface area contributed by atoms with Gasteiger partial charge in [0.2, 0.25) is 6.23 Å². The fourth-order valence-electron chi connectivity index (χ4n) is 2.70. The van der Waals surface area contributed by atoms with Crippen molar-refractivity contribution in [2.45, 2.75) is 6.23 Å². The maximum absolute atomic E-state index is 12.3. The van der Waals surface area contributed by atoms with Crippen molar-refractivity contribution in [2.75, 3.05) is 19.5 Å². The molecule has 25 heavy (non-hydrogen) atoms. The number of benzene rings is 1. The molecule has 128 valence electrons. The monoisotopic (exact) mass is 374 g/mol. The van der Waals surface area contributed by atoms with Crippen LogP contribution in [0.25, 0.3) is 10.6 Å². The lowest BCUT2D eigenvalue weighted by Crippen LogP contribution is -2.09. The van der Waals surface area contributed by atoms with E-state index in [0.29, 0.717) is 27.8 Å². The van der Waals surface area contributed by atoms with Crippen molar-refractivity contribution in [3.05, 3.63) is 46.2 Å². The van der Waals surface area contributed by atoms with Crippen LogP contribution in [0.15, 0.2) is 35.0 Å². The molecule has 6 nitrogen and oxygen atoms in total. The predicted molar refractivity (Wildman–Crippen MR) is 96.8 cm³/mol. The average Bonchev–Trinajstić information content (AvgIpc) is 3.35. The van der Waals surface area contributed by atoms with Gasteiger partial charge in [0.15, 0.2) is 16.6 Å².